The fraction of sp³-hybridized carbons (Fsp3) is 0.846. The molecule has 0 saturated heterocycles. The summed E-state index contributed by atoms with van der Waals surface area (Å²) in [5.74, 6) is -0.802. The first kappa shape index (κ1) is 17.7. The average Bonchev–Trinajstić information content (AvgIpc) is 2.30. The van der Waals surface area contributed by atoms with E-state index in [1.807, 2.05) is 20.8 Å². The first-order valence-electron chi connectivity index (χ1n) is 6.66. The van der Waals surface area contributed by atoms with E-state index in [2.05, 4.69) is 5.32 Å². The van der Waals surface area contributed by atoms with Crippen LogP contribution in [0.2, 0.25) is 0 Å². The minimum atomic E-state index is -1.02. The zero-order valence-corrected chi connectivity index (χ0v) is 12.5. The molecule has 19 heavy (non-hydrogen) atoms. The Hall–Kier alpha value is -1.30. The van der Waals surface area contributed by atoms with E-state index < -0.39 is 5.97 Å². The van der Waals surface area contributed by atoms with Crippen LogP contribution in [0.3, 0.4) is 0 Å². The molecule has 0 radical (unpaired) electrons. The summed E-state index contributed by atoms with van der Waals surface area (Å²) in [6.07, 6.45) is 0. The number of hydrogen-bond donors (Lipinski definition) is 2. The van der Waals surface area contributed by atoms with Gasteiger partial charge in [-0.05, 0) is 26.7 Å². The quantitative estimate of drug-likeness (QED) is 0.704. The summed E-state index contributed by atoms with van der Waals surface area (Å²) in [5.41, 5.74) is 0. The third kappa shape index (κ3) is 7.00. The molecule has 0 saturated carbocycles. The molecule has 0 aliphatic heterocycles. The topological polar surface area (TPSA) is 78.9 Å². The van der Waals surface area contributed by atoms with Crippen LogP contribution in [-0.4, -0.2) is 53.8 Å². The molecule has 0 aromatic carbocycles. The van der Waals surface area contributed by atoms with Crippen LogP contribution < -0.4 is 5.32 Å². The van der Waals surface area contributed by atoms with Crippen molar-refractivity contribution in [2.45, 2.75) is 46.7 Å². The normalized spacial score (nSPS) is 12.6. The first-order chi connectivity index (χ1) is 8.79. The van der Waals surface area contributed by atoms with Gasteiger partial charge in [0.2, 0.25) is 0 Å². The number of urea groups is 1. The highest BCUT2D eigenvalue weighted by Crippen LogP contribution is 2.05. The van der Waals surface area contributed by atoms with Crippen LogP contribution in [0.4, 0.5) is 4.79 Å². The van der Waals surface area contributed by atoms with Gasteiger partial charge in [-0.3, -0.25) is 4.79 Å². The Labute approximate surface area is 115 Å². The number of nitrogens with one attached hydrogen (secondary N) is 1. The van der Waals surface area contributed by atoms with E-state index in [-0.39, 0.29) is 30.6 Å². The molecule has 0 bridgehead atoms. The summed E-state index contributed by atoms with van der Waals surface area (Å²) in [7, 11) is 0. The number of ether oxygens (including phenoxy) is 1. The minimum absolute atomic E-state index is 0.123. The van der Waals surface area contributed by atoms with Gasteiger partial charge in [-0.2, -0.15) is 0 Å². The third-order valence-electron chi connectivity index (χ3n) is 2.80. The van der Waals surface area contributed by atoms with E-state index in [4.69, 9.17) is 9.84 Å². The fourth-order valence-corrected chi connectivity index (χ4v) is 1.52. The van der Waals surface area contributed by atoms with Crippen LogP contribution in [0.5, 0.6) is 0 Å². The second-order valence-electron chi connectivity index (χ2n) is 5.07. The lowest BCUT2D eigenvalue weighted by Crippen LogP contribution is -2.52. The molecule has 1 atom stereocenters. The number of amides is 2. The molecule has 6 heteroatoms. The number of carbonyl (C=O) groups excluding carboxylic acids is 1. The zero-order chi connectivity index (χ0) is 15.0. The summed E-state index contributed by atoms with van der Waals surface area (Å²) >= 11 is 0. The van der Waals surface area contributed by atoms with E-state index in [1.165, 1.54) is 4.90 Å². The summed E-state index contributed by atoms with van der Waals surface area (Å²) in [6, 6.07) is -0.658. The van der Waals surface area contributed by atoms with Crippen molar-refractivity contribution < 1.29 is 19.4 Å². The molecule has 0 fully saturated rings. The molecule has 112 valence electrons. The molecule has 2 N–H and O–H groups in total. The molecule has 0 spiro atoms. The van der Waals surface area contributed by atoms with Gasteiger partial charge in [0.15, 0.2) is 0 Å². The van der Waals surface area contributed by atoms with Gasteiger partial charge >= 0.3 is 12.0 Å². The lowest BCUT2D eigenvalue weighted by molar-refractivity contribution is -0.138. The van der Waals surface area contributed by atoms with E-state index >= 15 is 0 Å². The van der Waals surface area contributed by atoms with Crippen molar-refractivity contribution >= 4 is 12.0 Å². The Morgan fingerprint density at radius 1 is 1.26 bits per heavy atom. The van der Waals surface area contributed by atoms with Crippen molar-refractivity contribution in [3.8, 4) is 0 Å². The maximum absolute atomic E-state index is 12.1. The van der Waals surface area contributed by atoms with Crippen molar-refractivity contribution in [1.82, 2.24) is 10.2 Å². The third-order valence-corrected chi connectivity index (χ3v) is 2.80. The summed E-state index contributed by atoms with van der Waals surface area (Å²) < 4.78 is 5.33. The smallest absolute Gasteiger partial charge is 0.323 e. The molecule has 0 aliphatic carbocycles. The minimum Gasteiger partial charge on any atom is -0.480 e. The second-order valence-corrected chi connectivity index (χ2v) is 5.07. The van der Waals surface area contributed by atoms with Crippen LogP contribution in [0.25, 0.3) is 0 Å². The summed E-state index contributed by atoms with van der Waals surface area (Å²) in [4.78, 5) is 24.2. The predicted molar refractivity (Wildman–Crippen MR) is 73.1 cm³/mol. The fourth-order valence-electron chi connectivity index (χ4n) is 1.52. The molecular weight excluding hydrogens is 248 g/mol. The Bertz CT molecular complexity index is 292. The van der Waals surface area contributed by atoms with Crippen LogP contribution in [0.15, 0.2) is 0 Å². The predicted octanol–water partition coefficient (Wildman–Crippen LogP) is 1.55. The number of carboxylic acids is 1. The first-order valence-corrected chi connectivity index (χ1v) is 6.66. The Balaban J connectivity index is 4.61. The van der Waals surface area contributed by atoms with Crippen molar-refractivity contribution in [2.24, 2.45) is 5.92 Å². The SMILES string of the molecule is CCOCC(NC(=O)N(CC(=O)O)C(C)C)C(C)C. The number of carboxylic acid groups (broad SMARTS) is 1. The molecule has 0 rings (SSSR count). The highest BCUT2D eigenvalue weighted by molar-refractivity contribution is 5.80. The van der Waals surface area contributed by atoms with Crippen LogP contribution in [-0.2, 0) is 9.53 Å². The zero-order valence-electron chi connectivity index (χ0n) is 12.5. The average molecular weight is 274 g/mol. The second kappa shape index (κ2) is 8.74. The van der Waals surface area contributed by atoms with Crippen molar-refractivity contribution in [3.63, 3.8) is 0 Å². The van der Waals surface area contributed by atoms with E-state index in [0.29, 0.717) is 13.2 Å². The highest BCUT2D eigenvalue weighted by atomic mass is 16.5. The van der Waals surface area contributed by atoms with Gasteiger partial charge in [-0.1, -0.05) is 13.8 Å². The van der Waals surface area contributed by atoms with Crippen LogP contribution in [0.1, 0.15) is 34.6 Å². The summed E-state index contributed by atoms with van der Waals surface area (Å²) in [6.45, 7) is 10.2. The molecule has 0 aromatic rings. The van der Waals surface area contributed by atoms with Gasteiger partial charge in [0.1, 0.15) is 6.54 Å². The van der Waals surface area contributed by atoms with E-state index in [1.54, 1.807) is 13.8 Å². The Morgan fingerprint density at radius 2 is 1.84 bits per heavy atom. The maximum Gasteiger partial charge on any atom is 0.323 e. The van der Waals surface area contributed by atoms with E-state index in [0.717, 1.165) is 0 Å². The molecular formula is C13H26N2O4. The van der Waals surface area contributed by atoms with Gasteiger partial charge in [0.05, 0.1) is 12.6 Å². The Kier molecular flexibility index (Phi) is 8.14. The Morgan fingerprint density at radius 3 is 2.21 bits per heavy atom. The number of aliphatic carboxylic acids is 1. The van der Waals surface area contributed by atoms with Gasteiger partial charge in [-0.15, -0.1) is 0 Å². The van der Waals surface area contributed by atoms with Crippen molar-refractivity contribution in [2.75, 3.05) is 19.8 Å². The van der Waals surface area contributed by atoms with Gasteiger partial charge in [-0.25, -0.2) is 4.79 Å². The number of nitrogens with zero attached hydrogens (tertiary/aromatic N) is 1. The van der Waals surface area contributed by atoms with Crippen molar-refractivity contribution in [3.05, 3.63) is 0 Å². The van der Waals surface area contributed by atoms with Crippen LogP contribution >= 0.6 is 0 Å². The highest BCUT2D eigenvalue weighted by Gasteiger charge is 2.23. The standard InChI is InChI=1S/C13H26N2O4/c1-6-19-8-11(9(2)3)14-13(18)15(10(4)5)7-12(16)17/h9-11H,6-8H2,1-5H3,(H,14,18)(H,16,17). The lowest BCUT2D eigenvalue weighted by atomic mass is 10.1. The number of rotatable bonds is 8. The lowest BCUT2D eigenvalue weighted by Gasteiger charge is -2.29. The molecule has 6 nitrogen and oxygen atoms in total. The molecule has 0 heterocycles. The number of carbonyl (C=O) groups is 2. The van der Waals surface area contributed by atoms with Crippen molar-refractivity contribution in [1.29, 1.82) is 0 Å². The number of hydrogen-bond acceptors (Lipinski definition) is 3. The largest absolute Gasteiger partial charge is 0.480 e. The summed E-state index contributed by atoms with van der Waals surface area (Å²) in [5, 5.41) is 11.7. The molecule has 1 unspecified atom stereocenters. The maximum atomic E-state index is 12.1. The molecule has 2 amide bonds. The monoisotopic (exact) mass is 274 g/mol. The molecule has 0 aromatic heterocycles. The molecule has 0 aliphatic rings. The van der Waals surface area contributed by atoms with Gasteiger partial charge in [0.25, 0.3) is 0 Å². The van der Waals surface area contributed by atoms with Crippen LogP contribution in [0, 0.1) is 5.92 Å². The van der Waals surface area contributed by atoms with Gasteiger partial charge in [0, 0.05) is 12.6 Å². The van der Waals surface area contributed by atoms with Gasteiger partial charge < -0.3 is 20.1 Å². The van der Waals surface area contributed by atoms with E-state index in [9.17, 15) is 9.59 Å².